The summed E-state index contributed by atoms with van der Waals surface area (Å²) < 4.78 is 0. The quantitative estimate of drug-likeness (QED) is 0.854. The highest BCUT2D eigenvalue weighted by Gasteiger charge is 2.20. The van der Waals surface area contributed by atoms with Gasteiger partial charge in [0.1, 0.15) is 0 Å². The highest BCUT2D eigenvalue weighted by molar-refractivity contribution is 5.73. The first-order valence-corrected chi connectivity index (χ1v) is 6.27. The zero-order chi connectivity index (χ0) is 13.1. The number of aliphatic hydroxyl groups is 1. The summed E-state index contributed by atoms with van der Waals surface area (Å²) in [7, 11) is 2.13. The van der Waals surface area contributed by atoms with Crippen molar-refractivity contribution in [2.75, 3.05) is 20.1 Å². The number of nitrogens with zero attached hydrogens (tertiary/aromatic N) is 1. The maximum atomic E-state index is 10.7. The number of hydrogen-bond acceptors (Lipinski definition) is 3. The van der Waals surface area contributed by atoms with Crippen molar-refractivity contribution in [2.24, 2.45) is 0 Å². The molecule has 1 atom stereocenters. The Hall–Kier alpha value is -1.39. The summed E-state index contributed by atoms with van der Waals surface area (Å²) in [5.41, 5.74) is 1.68. The molecule has 1 aromatic rings. The fraction of sp³-hybridized carbons (Fsp3) is 0.500. The minimum Gasteiger partial charge on any atom is -0.479 e. The number of likely N-dealkylation sites (tertiary alicyclic amines) is 1. The van der Waals surface area contributed by atoms with Crippen LogP contribution in [0.1, 0.15) is 36.0 Å². The predicted octanol–water partition coefficient (Wildman–Crippen LogP) is 1.61. The van der Waals surface area contributed by atoms with Crippen molar-refractivity contribution in [3.8, 4) is 0 Å². The molecule has 1 fully saturated rings. The highest BCUT2D eigenvalue weighted by Crippen LogP contribution is 2.28. The van der Waals surface area contributed by atoms with Crippen molar-refractivity contribution >= 4 is 5.97 Å². The molecule has 1 aliphatic heterocycles. The van der Waals surface area contributed by atoms with Crippen LogP contribution in [0.25, 0.3) is 0 Å². The van der Waals surface area contributed by atoms with E-state index in [1.807, 2.05) is 12.1 Å². The second-order valence-corrected chi connectivity index (χ2v) is 4.98. The lowest BCUT2D eigenvalue weighted by molar-refractivity contribution is -0.146. The average molecular weight is 249 g/mol. The highest BCUT2D eigenvalue weighted by atomic mass is 16.4. The molecule has 98 valence electrons. The number of carboxylic acid groups (broad SMARTS) is 1. The van der Waals surface area contributed by atoms with Gasteiger partial charge in [0.25, 0.3) is 0 Å². The van der Waals surface area contributed by atoms with Gasteiger partial charge in [0.05, 0.1) is 0 Å². The van der Waals surface area contributed by atoms with Crippen LogP contribution in [0.2, 0.25) is 0 Å². The monoisotopic (exact) mass is 249 g/mol. The van der Waals surface area contributed by atoms with E-state index in [0.717, 1.165) is 25.9 Å². The summed E-state index contributed by atoms with van der Waals surface area (Å²) >= 11 is 0. The van der Waals surface area contributed by atoms with E-state index in [4.69, 9.17) is 5.11 Å². The van der Waals surface area contributed by atoms with Gasteiger partial charge in [0, 0.05) is 0 Å². The van der Waals surface area contributed by atoms with Gasteiger partial charge in [-0.05, 0) is 50.0 Å². The molecule has 1 unspecified atom stereocenters. The van der Waals surface area contributed by atoms with Gasteiger partial charge in [-0.15, -0.1) is 0 Å². The standard InChI is InChI=1S/C14H19NO3/c1-15-8-6-11(7-9-15)10-2-4-12(5-3-10)13(16)14(17)18/h2-5,11,13,16H,6-9H2,1H3,(H,17,18). The molecule has 2 N–H and O–H groups in total. The van der Waals surface area contributed by atoms with E-state index >= 15 is 0 Å². The zero-order valence-electron chi connectivity index (χ0n) is 10.5. The number of benzene rings is 1. The average Bonchev–Trinajstić information content (AvgIpc) is 2.39. The van der Waals surface area contributed by atoms with E-state index < -0.39 is 12.1 Å². The van der Waals surface area contributed by atoms with Crippen molar-refractivity contribution in [2.45, 2.75) is 24.9 Å². The Morgan fingerprint density at radius 1 is 1.28 bits per heavy atom. The van der Waals surface area contributed by atoms with E-state index in [0.29, 0.717) is 11.5 Å². The number of rotatable bonds is 3. The molecule has 18 heavy (non-hydrogen) atoms. The van der Waals surface area contributed by atoms with E-state index in [9.17, 15) is 9.90 Å². The number of aliphatic hydroxyl groups excluding tert-OH is 1. The molecule has 0 bridgehead atoms. The van der Waals surface area contributed by atoms with Crippen LogP contribution in [0.5, 0.6) is 0 Å². The molecule has 1 saturated heterocycles. The third kappa shape index (κ3) is 2.89. The van der Waals surface area contributed by atoms with E-state index in [2.05, 4.69) is 11.9 Å². The van der Waals surface area contributed by atoms with Gasteiger partial charge in [-0.3, -0.25) is 0 Å². The summed E-state index contributed by atoms with van der Waals surface area (Å²) in [6.45, 7) is 2.20. The molecule has 0 radical (unpaired) electrons. The fourth-order valence-electron chi connectivity index (χ4n) is 2.43. The molecule has 4 heteroatoms. The van der Waals surface area contributed by atoms with Crippen LogP contribution >= 0.6 is 0 Å². The third-order valence-corrected chi connectivity index (χ3v) is 3.68. The lowest BCUT2D eigenvalue weighted by Crippen LogP contribution is -2.29. The van der Waals surface area contributed by atoms with Crippen molar-refractivity contribution in [1.82, 2.24) is 4.90 Å². The number of carbonyl (C=O) groups is 1. The molecule has 0 aliphatic carbocycles. The van der Waals surface area contributed by atoms with Crippen molar-refractivity contribution in [3.63, 3.8) is 0 Å². The molecule has 0 aromatic heterocycles. The first-order valence-electron chi connectivity index (χ1n) is 6.27. The fourth-order valence-corrected chi connectivity index (χ4v) is 2.43. The van der Waals surface area contributed by atoms with Gasteiger partial charge < -0.3 is 15.1 Å². The first-order chi connectivity index (χ1) is 8.58. The van der Waals surface area contributed by atoms with Crippen molar-refractivity contribution in [1.29, 1.82) is 0 Å². The van der Waals surface area contributed by atoms with Crippen LogP contribution in [0.4, 0.5) is 0 Å². The molecule has 4 nitrogen and oxygen atoms in total. The molecule has 1 heterocycles. The number of piperidine rings is 1. The third-order valence-electron chi connectivity index (χ3n) is 3.68. The number of hydrogen-bond donors (Lipinski definition) is 2. The SMILES string of the molecule is CN1CCC(c2ccc(C(O)C(=O)O)cc2)CC1. The topological polar surface area (TPSA) is 60.8 Å². The molecule has 2 rings (SSSR count). The maximum Gasteiger partial charge on any atom is 0.337 e. The van der Waals surface area contributed by atoms with Crippen LogP contribution in [0.3, 0.4) is 0 Å². The Labute approximate surface area is 107 Å². The van der Waals surface area contributed by atoms with Crippen LogP contribution in [-0.4, -0.2) is 41.2 Å². The van der Waals surface area contributed by atoms with Gasteiger partial charge in [-0.2, -0.15) is 0 Å². The van der Waals surface area contributed by atoms with E-state index in [-0.39, 0.29) is 0 Å². The van der Waals surface area contributed by atoms with Gasteiger partial charge in [0.15, 0.2) is 6.10 Å². The van der Waals surface area contributed by atoms with Crippen LogP contribution in [0, 0.1) is 0 Å². The maximum absolute atomic E-state index is 10.7. The summed E-state index contributed by atoms with van der Waals surface area (Å²) in [5, 5.41) is 18.2. The summed E-state index contributed by atoms with van der Waals surface area (Å²) in [4.78, 5) is 13.0. The molecule has 1 aliphatic rings. The second kappa shape index (κ2) is 5.50. The van der Waals surface area contributed by atoms with Crippen LogP contribution in [-0.2, 0) is 4.79 Å². The number of aliphatic carboxylic acids is 1. The summed E-state index contributed by atoms with van der Waals surface area (Å²) in [5.74, 6) is -0.653. The first kappa shape index (κ1) is 13.1. The van der Waals surface area contributed by atoms with Crippen LogP contribution < -0.4 is 0 Å². The van der Waals surface area contributed by atoms with Gasteiger partial charge in [-0.1, -0.05) is 24.3 Å². The normalized spacial score (nSPS) is 19.7. The largest absolute Gasteiger partial charge is 0.479 e. The lowest BCUT2D eigenvalue weighted by atomic mass is 9.89. The molecule has 0 amide bonds. The lowest BCUT2D eigenvalue weighted by Gasteiger charge is -2.29. The van der Waals surface area contributed by atoms with E-state index in [1.165, 1.54) is 5.56 Å². The Balaban J connectivity index is 2.06. The summed E-state index contributed by atoms with van der Waals surface area (Å²) in [6.07, 6.45) is 0.853. The van der Waals surface area contributed by atoms with E-state index in [1.54, 1.807) is 12.1 Å². The molecular formula is C14H19NO3. The second-order valence-electron chi connectivity index (χ2n) is 4.98. The van der Waals surface area contributed by atoms with Crippen molar-refractivity contribution < 1.29 is 15.0 Å². The Morgan fingerprint density at radius 2 is 1.83 bits per heavy atom. The molecule has 0 saturated carbocycles. The van der Waals surface area contributed by atoms with Gasteiger partial charge in [-0.25, -0.2) is 4.79 Å². The molecular weight excluding hydrogens is 230 g/mol. The Morgan fingerprint density at radius 3 is 2.33 bits per heavy atom. The van der Waals surface area contributed by atoms with Gasteiger partial charge in [0.2, 0.25) is 0 Å². The zero-order valence-corrected chi connectivity index (χ0v) is 10.5. The molecule has 1 aromatic carbocycles. The predicted molar refractivity (Wildman–Crippen MR) is 68.5 cm³/mol. The Kier molecular flexibility index (Phi) is 3.99. The summed E-state index contributed by atoms with van der Waals surface area (Å²) in [6, 6.07) is 7.31. The Bertz CT molecular complexity index is 408. The van der Waals surface area contributed by atoms with Gasteiger partial charge >= 0.3 is 5.97 Å². The minimum absolute atomic E-state index is 0.444. The van der Waals surface area contributed by atoms with Crippen molar-refractivity contribution in [3.05, 3.63) is 35.4 Å². The molecule has 0 spiro atoms. The number of carboxylic acids is 1. The van der Waals surface area contributed by atoms with Crippen LogP contribution in [0.15, 0.2) is 24.3 Å². The smallest absolute Gasteiger partial charge is 0.337 e. The minimum atomic E-state index is -1.42.